The lowest BCUT2D eigenvalue weighted by molar-refractivity contribution is 0.396. The van der Waals surface area contributed by atoms with Gasteiger partial charge < -0.3 is 9.30 Å². The molecule has 1 aromatic rings. The fraction of sp³-hybridized carbons (Fsp3) is 0.333. The molecule has 0 aliphatic heterocycles. The van der Waals surface area contributed by atoms with Crippen LogP contribution in [0.25, 0.3) is 0 Å². The van der Waals surface area contributed by atoms with Crippen LogP contribution in [-0.2, 0) is 11.8 Å². The Morgan fingerprint density at radius 2 is 2.50 bits per heavy atom. The second-order valence-electron chi connectivity index (χ2n) is 1.90. The van der Waals surface area contributed by atoms with E-state index in [1.165, 1.54) is 7.11 Å². The molecule has 4 heteroatoms. The Balaban J connectivity index is 2.93. The minimum absolute atomic E-state index is 0.0903. The van der Waals surface area contributed by atoms with E-state index in [-0.39, 0.29) is 5.90 Å². The van der Waals surface area contributed by atoms with E-state index in [1.54, 1.807) is 17.0 Å². The zero-order valence-corrected chi connectivity index (χ0v) is 5.96. The van der Waals surface area contributed by atoms with Crippen molar-refractivity contribution in [3.63, 3.8) is 0 Å². The van der Waals surface area contributed by atoms with Gasteiger partial charge in [-0.1, -0.05) is 0 Å². The molecular weight excluding hydrogens is 130 g/mol. The summed E-state index contributed by atoms with van der Waals surface area (Å²) in [7, 11) is 3.27. The number of nitrogens with zero attached hydrogens (tertiary/aromatic N) is 2. The zero-order chi connectivity index (χ0) is 7.56. The van der Waals surface area contributed by atoms with Gasteiger partial charge in [0.1, 0.15) is 0 Å². The largest absolute Gasteiger partial charge is 0.479 e. The molecule has 0 aromatic carbocycles. The predicted molar refractivity (Wildman–Crippen MR) is 37.0 cm³/mol. The highest BCUT2D eigenvalue weighted by molar-refractivity contribution is 5.87. The highest BCUT2D eigenvalue weighted by Crippen LogP contribution is 1.94. The summed E-state index contributed by atoms with van der Waals surface area (Å²) in [5.74, 6) is 0.634. The summed E-state index contributed by atoms with van der Waals surface area (Å²) >= 11 is 0. The first-order valence-electron chi connectivity index (χ1n) is 2.86. The van der Waals surface area contributed by atoms with Gasteiger partial charge in [-0.15, -0.1) is 0 Å². The molecule has 0 radical (unpaired) electrons. The van der Waals surface area contributed by atoms with Crippen LogP contribution in [0.3, 0.4) is 0 Å². The Hall–Kier alpha value is -1.32. The summed E-state index contributed by atoms with van der Waals surface area (Å²) in [6.45, 7) is 0. The average Bonchev–Trinajstić information content (AvgIpc) is 2.34. The summed E-state index contributed by atoms with van der Waals surface area (Å²) in [6, 6.07) is 0. The summed E-state index contributed by atoms with van der Waals surface area (Å²) in [6.07, 6.45) is 3.39. The van der Waals surface area contributed by atoms with E-state index >= 15 is 0 Å². The molecule has 0 amide bonds. The van der Waals surface area contributed by atoms with Gasteiger partial charge in [-0.05, 0) is 0 Å². The molecule has 0 bridgehead atoms. The Morgan fingerprint density at radius 1 is 1.80 bits per heavy atom. The van der Waals surface area contributed by atoms with Crippen LogP contribution in [0.2, 0.25) is 0 Å². The van der Waals surface area contributed by atoms with Crippen LogP contribution in [-0.4, -0.2) is 22.6 Å². The van der Waals surface area contributed by atoms with E-state index in [4.69, 9.17) is 5.41 Å². The number of imidazole rings is 1. The Kier molecular flexibility index (Phi) is 1.71. The highest BCUT2D eigenvalue weighted by atomic mass is 16.5. The van der Waals surface area contributed by atoms with Crippen molar-refractivity contribution in [3.8, 4) is 0 Å². The maximum Gasteiger partial charge on any atom is 0.250 e. The van der Waals surface area contributed by atoms with E-state index in [9.17, 15) is 0 Å². The third-order valence-corrected chi connectivity index (χ3v) is 1.23. The Bertz CT molecular complexity index is 241. The van der Waals surface area contributed by atoms with Gasteiger partial charge in [-0.25, -0.2) is 4.98 Å². The van der Waals surface area contributed by atoms with Crippen LogP contribution in [0.15, 0.2) is 12.4 Å². The number of rotatable bonds is 1. The van der Waals surface area contributed by atoms with Crippen LogP contribution < -0.4 is 0 Å². The van der Waals surface area contributed by atoms with Crippen molar-refractivity contribution in [1.82, 2.24) is 9.55 Å². The standard InChI is InChI=1S/C6H9N3O/c1-9-4-3-8-6(9)5(7)10-2/h3-4,7H,1-2H3. The molecule has 0 unspecified atom stereocenters. The zero-order valence-electron chi connectivity index (χ0n) is 5.96. The lowest BCUT2D eigenvalue weighted by Crippen LogP contribution is -2.08. The van der Waals surface area contributed by atoms with E-state index in [2.05, 4.69) is 9.72 Å². The van der Waals surface area contributed by atoms with Crippen molar-refractivity contribution < 1.29 is 4.74 Å². The van der Waals surface area contributed by atoms with Gasteiger partial charge in [0, 0.05) is 19.4 Å². The molecule has 0 aliphatic rings. The number of hydrogen-bond acceptors (Lipinski definition) is 3. The van der Waals surface area contributed by atoms with Crippen molar-refractivity contribution in [2.45, 2.75) is 0 Å². The molecule has 0 saturated carbocycles. The third-order valence-electron chi connectivity index (χ3n) is 1.23. The number of aromatic nitrogens is 2. The summed E-state index contributed by atoms with van der Waals surface area (Å²) in [5, 5.41) is 7.23. The third kappa shape index (κ3) is 1.00. The summed E-state index contributed by atoms with van der Waals surface area (Å²) < 4.78 is 6.40. The SMILES string of the molecule is COC(=N)c1nccn1C. The van der Waals surface area contributed by atoms with Gasteiger partial charge in [0.2, 0.25) is 5.90 Å². The Labute approximate surface area is 59.0 Å². The minimum Gasteiger partial charge on any atom is -0.479 e. The topological polar surface area (TPSA) is 50.9 Å². The smallest absolute Gasteiger partial charge is 0.250 e. The lowest BCUT2D eigenvalue weighted by Gasteiger charge is -1.99. The molecule has 0 atom stereocenters. The molecule has 1 N–H and O–H groups in total. The van der Waals surface area contributed by atoms with Crippen molar-refractivity contribution in [1.29, 1.82) is 5.41 Å². The molecule has 1 rings (SSSR count). The van der Waals surface area contributed by atoms with Gasteiger partial charge in [0.25, 0.3) is 0 Å². The van der Waals surface area contributed by atoms with Gasteiger partial charge in [0.05, 0.1) is 7.11 Å². The molecule has 4 nitrogen and oxygen atoms in total. The van der Waals surface area contributed by atoms with Crippen LogP contribution in [0, 0.1) is 5.41 Å². The maximum absolute atomic E-state index is 7.23. The average molecular weight is 139 g/mol. The van der Waals surface area contributed by atoms with Crippen molar-refractivity contribution in [2.75, 3.05) is 7.11 Å². The van der Waals surface area contributed by atoms with Crippen LogP contribution in [0.1, 0.15) is 5.82 Å². The van der Waals surface area contributed by atoms with E-state index in [0.717, 1.165) is 0 Å². The minimum atomic E-state index is 0.0903. The molecule has 0 spiro atoms. The first-order chi connectivity index (χ1) is 4.75. The van der Waals surface area contributed by atoms with E-state index in [1.807, 2.05) is 7.05 Å². The predicted octanol–water partition coefficient (Wildman–Crippen LogP) is 0.392. The summed E-state index contributed by atoms with van der Waals surface area (Å²) in [5.41, 5.74) is 0. The number of hydrogen-bond donors (Lipinski definition) is 1. The van der Waals surface area contributed by atoms with Gasteiger partial charge in [0.15, 0.2) is 5.82 Å². The fourth-order valence-corrected chi connectivity index (χ4v) is 0.676. The number of nitrogens with one attached hydrogen (secondary N) is 1. The van der Waals surface area contributed by atoms with E-state index < -0.39 is 0 Å². The molecule has 1 aromatic heterocycles. The highest BCUT2D eigenvalue weighted by Gasteiger charge is 2.04. The molecule has 10 heavy (non-hydrogen) atoms. The second-order valence-corrected chi connectivity index (χ2v) is 1.90. The quantitative estimate of drug-likeness (QED) is 0.452. The number of methoxy groups -OCH3 is 1. The molecule has 1 heterocycles. The Morgan fingerprint density at radius 3 is 2.90 bits per heavy atom. The normalized spacial score (nSPS) is 9.40. The fourth-order valence-electron chi connectivity index (χ4n) is 0.676. The maximum atomic E-state index is 7.23. The van der Waals surface area contributed by atoms with Gasteiger partial charge in [-0.3, -0.25) is 5.41 Å². The lowest BCUT2D eigenvalue weighted by atomic mass is 10.6. The van der Waals surface area contributed by atoms with Crippen LogP contribution >= 0.6 is 0 Å². The number of ether oxygens (including phenoxy) is 1. The molecule has 0 saturated heterocycles. The molecule has 0 fully saturated rings. The number of aryl methyl sites for hydroxylation is 1. The van der Waals surface area contributed by atoms with E-state index in [0.29, 0.717) is 5.82 Å². The first-order valence-corrected chi connectivity index (χ1v) is 2.86. The van der Waals surface area contributed by atoms with Crippen molar-refractivity contribution >= 4 is 5.90 Å². The molecular formula is C6H9N3O. The van der Waals surface area contributed by atoms with Gasteiger partial charge >= 0.3 is 0 Å². The van der Waals surface area contributed by atoms with Crippen molar-refractivity contribution in [3.05, 3.63) is 18.2 Å². The molecule has 0 aliphatic carbocycles. The van der Waals surface area contributed by atoms with Crippen LogP contribution in [0.5, 0.6) is 0 Å². The second kappa shape index (κ2) is 2.51. The molecule has 54 valence electrons. The first kappa shape index (κ1) is 6.80. The summed E-state index contributed by atoms with van der Waals surface area (Å²) in [4.78, 5) is 3.90. The van der Waals surface area contributed by atoms with Crippen LogP contribution in [0.4, 0.5) is 0 Å². The van der Waals surface area contributed by atoms with Gasteiger partial charge in [-0.2, -0.15) is 0 Å². The van der Waals surface area contributed by atoms with Crippen molar-refractivity contribution in [2.24, 2.45) is 7.05 Å². The monoisotopic (exact) mass is 139 g/mol.